The molecule has 72 valence electrons. The molecule has 0 aromatic carbocycles. The fraction of sp³-hybridized carbons (Fsp3) is 0.778. The van der Waals surface area contributed by atoms with Crippen LogP contribution in [0.2, 0.25) is 0 Å². The first-order valence-corrected chi connectivity index (χ1v) is 4.53. The van der Waals surface area contributed by atoms with E-state index in [0.29, 0.717) is 0 Å². The maximum Gasteiger partial charge on any atom is 2.00 e. The quantitative estimate of drug-likeness (QED) is 0.495. The van der Waals surface area contributed by atoms with Gasteiger partial charge in [0.05, 0.1) is 0 Å². The molecule has 0 aliphatic heterocycles. The van der Waals surface area contributed by atoms with Crippen LogP contribution in [0.1, 0.15) is 19.3 Å². The summed E-state index contributed by atoms with van der Waals surface area (Å²) >= 11 is 0. The van der Waals surface area contributed by atoms with Gasteiger partial charge >= 0.3 is 37.7 Å². The molecule has 0 amide bonds. The average molecular weight is 222 g/mol. The van der Waals surface area contributed by atoms with Gasteiger partial charge < -0.3 is 19.8 Å². The maximum atomic E-state index is 10.7. The van der Waals surface area contributed by atoms with Gasteiger partial charge in [-0.15, -0.1) is 0 Å². The summed E-state index contributed by atoms with van der Waals surface area (Å²) in [5, 5.41) is 21.4. The molecule has 4 atom stereocenters. The average Bonchev–Trinajstić information content (AvgIpc) is 2.60. The molecule has 0 radical (unpaired) electrons. The monoisotopic (exact) mass is 222 g/mol. The fourth-order valence-corrected chi connectivity index (χ4v) is 2.97. The van der Waals surface area contributed by atoms with Crippen molar-refractivity contribution in [3.8, 4) is 0 Å². The molecular weight excluding hydrogens is 212 g/mol. The molecule has 2 saturated carbocycles. The molecule has 0 aromatic heterocycles. The summed E-state index contributed by atoms with van der Waals surface area (Å²) in [6.45, 7) is 0. The summed E-state index contributed by atoms with van der Waals surface area (Å²) in [6, 6.07) is 0. The molecule has 4 nitrogen and oxygen atoms in total. The van der Waals surface area contributed by atoms with E-state index in [4.69, 9.17) is 0 Å². The molecule has 2 bridgehead atoms. The number of carboxylic acids is 2. The van der Waals surface area contributed by atoms with Crippen molar-refractivity contribution >= 4 is 49.7 Å². The van der Waals surface area contributed by atoms with Crippen molar-refractivity contribution in [1.29, 1.82) is 0 Å². The number of hydrogen-bond acceptors (Lipinski definition) is 4. The van der Waals surface area contributed by atoms with E-state index in [1.54, 1.807) is 0 Å². The standard InChI is InChI=1S/C9H12O4.Ca/c10-8(11)6-4-1-2-5(3-4)7(6)9(12)13;/h4-7H,1-3H2,(H,10,11)(H,12,13);/q;+2/p-2/t4-,5+,6?,7?;. The Bertz CT molecular complexity index is 240. The summed E-state index contributed by atoms with van der Waals surface area (Å²) in [5.41, 5.74) is 0. The molecule has 14 heavy (non-hydrogen) atoms. The van der Waals surface area contributed by atoms with Crippen LogP contribution in [-0.4, -0.2) is 49.7 Å². The van der Waals surface area contributed by atoms with E-state index in [1.165, 1.54) is 0 Å². The van der Waals surface area contributed by atoms with Crippen LogP contribution in [0.5, 0.6) is 0 Å². The van der Waals surface area contributed by atoms with Crippen LogP contribution in [0.15, 0.2) is 0 Å². The topological polar surface area (TPSA) is 80.3 Å². The molecule has 2 unspecified atom stereocenters. The van der Waals surface area contributed by atoms with Crippen molar-refractivity contribution in [2.75, 3.05) is 0 Å². The van der Waals surface area contributed by atoms with Crippen molar-refractivity contribution in [3.63, 3.8) is 0 Å². The van der Waals surface area contributed by atoms with E-state index in [2.05, 4.69) is 0 Å². The molecule has 0 spiro atoms. The van der Waals surface area contributed by atoms with Gasteiger partial charge in [0.25, 0.3) is 0 Å². The molecule has 0 N–H and O–H groups in total. The van der Waals surface area contributed by atoms with Gasteiger partial charge in [-0.3, -0.25) is 0 Å². The Morgan fingerprint density at radius 1 is 0.929 bits per heavy atom. The fourth-order valence-electron chi connectivity index (χ4n) is 2.97. The molecule has 2 aliphatic carbocycles. The molecule has 0 aromatic rings. The van der Waals surface area contributed by atoms with Gasteiger partial charge in [-0.1, -0.05) is 0 Å². The Labute approximate surface area is 112 Å². The van der Waals surface area contributed by atoms with Crippen LogP contribution >= 0.6 is 0 Å². The second-order valence-corrected chi connectivity index (χ2v) is 4.02. The van der Waals surface area contributed by atoms with E-state index >= 15 is 0 Å². The van der Waals surface area contributed by atoms with Crippen LogP contribution in [0.25, 0.3) is 0 Å². The minimum Gasteiger partial charge on any atom is -0.550 e. The zero-order valence-electron chi connectivity index (χ0n) is 7.77. The van der Waals surface area contributed by atoms with E-state index in [0.717, 1.165) is 19.3 Å². The van der Waals surface area contributed by atoms with Crippen LogP contribution in [-0.2, 0) is 9.59 Å². The first kappa shape index (κ1) is 12.3. The zero-order chi connectivity index (χ0) is 9.59. The largest absolute Gasteiger partial charge is 2.00 e. The summed E-state index contributed by atoms with van der Waals surface area (Å²) in [5.74, 6) is -4.02. The van der Waals surface area contributed by atoms with Crippen molar-refractivity contribution in [2.24, 2.45) is 23.7 Å². The normalized spacial score (nSPS) is 39.1. The van der Waals surface area contributed by atoms with Crippen molar-refractivity contribution in [1.82, 2.24) is 0 Å². The molecular formula is C9H10CaO4. The van der Waals surface area contributed by atoms with Gasteiger partial charge in [0, 0.05) is 23.8 Å². The van der Waals surface area contributed by atoms with Gasteiger partial charge in [-0.05, 0) is 31.1 Å². The number of carbonyl (C=O) groups excluding carboxylic acids is 2. The molecule has 2 aliphatic rings. The minimum absolute atomic E-state index is 0. The van der Waals surface area contributed by atoms with Crippen molar-refractivity contribution in [3.05, 3.63) is 0 Å². The number of fused-ring (bicyclic) bond motifs is 2. The Morgan fingerprint density at radius 3 is 1.57 bits per heavy atom. The summed E-state index contributed by atoms with van der Waals surface area (Å²) in [4.78, 5) is 21.4. The molecule has 2 rings (SSSR count). The summed E-state index contributed by atoms with van der Waals surface area (Å²) in [6.07, 6.45) is 2.37. The van der Waals surface area contributed by atoms with Gasteiger partial charge in [0.2, 0.25) is 0 Å². The molecule has 0 heterocycles. The third-order valence-corrected chi connectivity index (χ3v) is 3.46. The van der Waals surface area contributed by atoms with Crippen LogP contribution in [0.3, 0.4) is 0 Å². The maximum absolute atomic E-state index is 10.7. The Hall–Kier alpha value is 0.200. The van der Waals surface area contributed by atoms with Gasteiger partial charge in [0.15, 0.2) is 0 Å². The van der Waals surface area contributed by atoms with E-state index < -0.39 is 23.8 Å². The zero-order valence-corrected chi connectivity index (χ0v) is 9.98. The number of carbonyl (C=O) groups is 2. The van der Waals surface area contributed by atoms with E-state index in [1.807, 2.05) is 0 Å². The van der Waals surface area contributed by atoms with Crippen LogP contribution in [0.4, 0.5) is 0 Å². The third kappa shape index (κ3) is 1.79. The molecule has 5 heteroatoms. The third-order valence-electron chi connectivity index (χ3n) is 3.46. The second-order valence-electron chi connectivity index (χ2n) is 4.02. The van der Waals surface area contributed by atoms with Crippen LogP contribution < -0.4 is 10.2 Å². The van der Waals surface area contributed by atoms with Crippen molar-refractivity contribution in [2.45, 2.75) is 19.3 Å². The van der Waals surface area contributed by atoms with Crippen molar-refractivity contribution < 1.29 is 19.8 Å². The predicted octanol–water partition coefficient (Wildman–Crippen LogP) is -2.23. The van der Waals surface area contributed by atoms with Gasteiger partial charge in [-0.2, -0.15) is 0 Å². The number of carboxylic acid groups (broad SMARTS) is 2. The number of hydrogen-bond donors (Lipinski definition) is 0. The minimum atomic E-state index is -1.22. The smallest absolute Gasteiger partial charge is 0.550 e. The van der Waals surface area contributed by atoms with Gasteiger partial charge in [-0.25, -0.2) is 0 Å². The van der Waals surface area contributed by atoms with E-state index in [-0.39, 0.29) is 49.6 Å². The number of aliphatic carboxylic acids is 2. The predicted molar refractivity (Wildman–Crippen MR) is 43.6 cm³/mol. The molecule has 2 fully saturated rings. The first-order valence-electron chi connectivity index (χ1n) is 4.53. The van der Waals surface area contributed by atoms with Crippen LogP contribution in [0, 0.1) is 23.7 Å². The number of rotatable bonds is 2. The SMILES string of the molecule is O=C([O-])C1C(C(=O)[O-])[C@H]2CC[C@@H]1C2.[Ca+2]. The van der Waals surface area contributed by atoms with E-state index in [9.17, 15) is 19.8 Å². The Morgan fingerprint density at radius 2 is 1.29 bits per heavy atom. The Balaban J connectivity index is 0.000000980. The second kappa shape index (κ2) is 4.37. The first-order chi connectivity index (χ1) is 6.11. The molecule has 0 saturated heterocycles. The Kier molecular flexibility index (Phi) is 3.83. The summed E-state index contributed by atoms with van der Waals surface area (Å²) < 4.78 is 0. The van der Waals surface area contributed by atoms with Gasteiger partial charge in [0.1, 0.15) is 0 Å². The summed E-state index contributed by atoms with van der Waals surface area (Å²) in [7, 11) is 0.